The van der Waals surface area contributed by atoms with E-state index in [1.807, 2.05) is 38.1 Å². The highest BCUT2D eigenvalue weighted by molar-refractivity contribution is 7.92. The molecule has 1 N–H and O–H groups in total. The maximum atomic E-state index is 13.0. The van der Waals surface area contributed by atoms with Crippen molar-refractivity contribution < 1.29 is 13.2 Å². The van der Waals surface area contributed by atoms with Crippen LogP contribution in [0.4, 0.5) is 11.6 Å². The number of nitrogens with zero attached hydrogens (tertiary/aromatic N) is 6. The second-order valence-corrected chi connectivity index (χ2v) is 11.7. The predicted molar refractivity (Wildman–Crippen MR) is 152 cm³/mol. The molecular weight excluding hydrogens is 538 g/mol. The molecular formula is C27H30ClN7O3S. The van der Waals surface area contributed by atoms with Gasteiger partial charge in [-0.25, -0.2) is 18.1 Å². The molecule has 3 heterocycles. The summed E-state index contributed by atoms with van der Waals surface area (Å²) < 4.78 is 36.2. The molecule has 4 aromatic rings. The molecule has 1 saturated heterocycles. The van der Waals surface area contributed by atoms with Crippen LogP contribution in [-0.4, -0.2) is 66.3 Å². The fourth-order valence-electron chi connectivity index (χ4n) is 4.55. The third kappa shape index (κ3) is 6.00. The molecule has 2 aromatic carbocycles. The Morgan fingerprint density at radius 3 is 2.36 bits per heavy atom. The fraction of sp³-hybridized carbons (Fsp3) is 0.296. The molecule has 12 heteroatoms. The Labute approximate surface area is 233 Å². The van der Waals surface area contributed by atoms with E-state index in [1.165, 1.54) is 17.1 Å². The Kier molecular flexibility index (Phi) is 7.48. The van der Waals surface area contributed by atoms with Crippen molar-refractivity contribution >= 4 is 33.3 Å². The van der Waals surface area contributed by atoms with Gasteiger partial charge in [-0.05, 0) is 44.2 Å². The molecule has 0 spiro atoms. The van der Waals surface area contributed by atoms with Gasteiger partial charge >= 0.3 is 0 Å². The van der Waals surface area contributed by atoms with Crippen molar-refractivity contribution in [2.24, 2.45) is 7.05 Å². The van der Waals surface area contributed by atoms with Gasteiger partial charge in [0.2, 0.25) is 11.8 Å². The first-order valence-corrected chi connectivity index (χ1v) is 14.3. The van der Waals surface area contributed by atoms with E-state index in [2.05, 4.69) is 36.6 Å². The molecule has 0 saturated carbocycles. The lowest BCUT2D eigenvalue weighted by Crippen LogP contribution is -2.44. The standard InChI is InChI=1S/C27H30ClN7O3S/c1-18-6-5-7-19(2)26(18)23-15-25(31-27(30-23)32-39(36,37)21-16-29-34(4)17-21)38-20-8-9-22(28)24(14-20)35-12-10-33(3)11-13-35/h5-9,14-17H,10-13H2,1-4H3,(H,30,31,32). The van der Waals surface area contributed by atoms with Crippen LogP contribution in [0.3, 0.4) is 0 Å². The van der Waals surface area contributed by atoms with Gasteiger partial charge < -0.3 is 14.5 Å². The molecule has 0 amide bonds. The number of rotatable bonds is 7. The number of benzene rings is 2. The third-order valence-corrected chi connectivity index (χ3v) is 8.24. The largest absolute Gasteiger partial charge is 0.439 e. The van der Waals surface area contributed by atoms with Crippen LogP contribution in [-0.2, 0) is 17.1 Å². The van der Waals surface area contributed by atoms with Gasteiger partial charge in [0.1, 0.15) is 10.6 Å². The van der Waals surface area contributed by atoms with Crippen LogP contribution in [0.15, 0.2) is 59.8 Å². The second-order valence-electron chi connectivity index (χ2n) is 9.64. The average Bonchev–Trinajstić information content (AvgIpc) is 3.33. The number of hydrogen-bond acceptors (Lipinski definition) is 8. The molecule has 1 fully saturated rings. The molecule has 0 aliphatic carbocycles. The monoisotopic (exact) mass is 567 g/mol. The summed E-state index contributed by atoms with van der Waals surface area (Å²) in [4.78, 5) is 13.5. The SMILES string of the molecule is Cc1cccc(C)c1-c1cc(Oc2ccc(Cl)c(N3CCN(C)CC3)c2)nc(NS(=O)(=O)c2cnn(C)c2)n1. The minimum atomic E-state index is -3.97. The molecule has 0 bridgehead atoms. The number of piperazine rings is 1. The average molecular weight is 568 g/mol. The third-order valence-electron chi connectivity index (χ3n) is 6.64. The number of aromatic nitrogens is 4. The van der Waals surface area contributed by atoms with E-state index in [4.69, 9.17) is 16.3 Å². The Balaban J connectivity index is 1.53. The number of halogens is 1. The summed E-state index contributed by atoms with van der Waals surface area (Å²) in [5.74, 6) is 0.612. The van der Waals surface area contributed by atoms with Gasteiger partial charge in [-0.3, -0.25) is 4.68 Å². The second kappa shape index (κ2) is 10.8. The Hall–Kier alpha value is -3.67. The molecule has 0 radical (unpaired) electrons. The predicted octanol–water partition coefficient (Wildman–Crippen LogP) is 4.49. The zero-order valence-corrected chi connectivity index (χ0v) is 23.8. The van der Waals surface area contributed by atoms with Crippen molar-refractivity contribution in [2.75, 3.05) is 42.8 Å². The normalized spacial score (nSPS) is 14.4. The van der Waals surface area contributed by atoms with E-state index in [1.54, 1.807) is 25.2 Å². The molecule has 39 heavy (non-hydrogen) atoms. The number of ether oxygens (including phenoxy) is 1. The van der Waals surface area contributed by atoms with Crippen molar-refractivity contribution in [3.63, 3.8) is 0 Å². The van der Waals surface area contributed by atoms with Gasteiger partial charge in [-0.2, -0.15) is 10.1 Å². The first-order valence-electron chi connectivity index (χ1n) is 12.5. The maximum absolute atomic E-state index is 13.0. The van der Waals surface area contributed by atoms with E-state index in [9.17, 15) is 8.42 Å². The Morgan fingerprint density at radius 1 is 0.974 bits per heavy atom. The van der Waals surface area contributed by atoms with E-state index in [0.717, 1.165) is 48.6 Å². The minimum Gasteiger partial charge on any atom is -0.439 e. The van der Waals surface area contributed by atoms with Crippen LogP contribution in [0.2, 0.25) is 5.02 Å². The highest BCUT2D eigenvalue weighted by Gasteiger charge is 2.21. The molecule has 2 aromatic heterocycles. The fourth-order valence-corrected chi connectivity index (χ4v) is 5.72. The summed E-state index contributed by atoms with van der Waals surface area (Å²) in [6.07, 6.45) is 2.67. The van der Waals surface area contributed by atoms with Crippen LogP contribution < -0.4 is 14.4 Å². The summed E-state index contributed by atoms with van der Waals surface area (Å²) in [6.45, 7) is 7.53. The van der Waals surface area contributed by atoms with Crippen LogP contribution in [0.25, 0.3) is 11.3 Å². The zero-order chi connectivity index (χ0) is 27.7. The van der Waals surface area contributed by atoms with Crippen LogP contribution in [0, 0.1) is 13.8 Å². The molecule has 5 rings (SSSR count). The molecule has 10 nitrogen and oxygen atoms in total. The van der Waals surface area contributed by atoms with Crippen molar-refractivity contribution in [3.05, 3.63) is 71.0 Å². The number of aryl methyl sites for hydroxylation is 3. The number of nitrogens with one attached hydrogen (secondary N) is 1. The lowest BCUT2D eigenvalue weighted by molar-refractivity contribution is 0.313. The summed E-state index contributed by atoms with van der Waals surface area (Å²) in [5.41, 5.74) is 4.27. The Bertz CT molecular complexity index is 1600. The lowest BCUT2D eigenvalue weighted by atomic mass is 10.00. The van der Waals surface area contributed by atoms with Gasteiger partial charge in [0.15, 0.2) is 0 Å². The number of likely N-dealkylation sites (N-methyl/N-ethyl adjacent to an activating group) is 1. The van der Waals surface area contributed by atoms with E-state index in [0.29, 0.717) is 16.5 Å². The van der Waals surface area contributed by atoms with Crippen molar-refractivity contribution in [2.45, 2.75) is 18.7 Å². The molecule has 0 atom stereocenters. The lowest BCUT2D eigenvalue weighted by Gasteiger charge is -2.34. The molecule has 1 aliphatic rings. The number of sulfonamides is 1. The van der Waals surface area contributed by atoms with Gasteiger partial charge in [0, 0.05) is 57.1 Å². The van der Waals surface area contributed by atoms with Crippen molar-refractivity contribution in [1.82, 2.24) is 24.6 Å². The summed E-state index contributed by atoms with van der Waals surface area (Å²) in [6, 6.07) is 13.1. The first-order chi connectivity index (χ1) is 18.6. The topological polar surface area (TPSA) is 105 Å². The van der Waals surface area contributed by atoms with Crippen LogP contribution >= 0.6 is 11.6 Å². The van der Waals surface area contributed by atoms with E-state index in [-0.39, 0.29) is 16.7 Å². The van der Waals surface area contributed by atoms with E-state index < -0.39 is 10.0 Å². The van der Waals surface area contributed by atoms with Crippen molar-refractivity contribution in [3.8, 4) is 22.9 Å². The summed E-state index contributed by atoms with van der Waals surface area (Å²) in [7, 11) is -0.232. The van der Waals surface area contributed by atoms with E-state index >= 15 is 0 Å². The zero-order valence-electron chi connectivity index (χ0n) is 22.2. The van der Waals surface area contributed by atoms with Crippen LogP contribution in [0.1, 0.15) is 11.1 Å². The molecule has 0 unspecified atom stereocenters. The summed E-state index contributed by atoms with van der Waals surface area (Å²) in [5, 5.41) is 4.59. The van der Waals surface area contributed by atoms with Gasteiger partial charge in [0.05, 0.1) is 22.6 Å². The number of anilines is 2. The summed E-state index contributed by atoms with van der Waals surface area (Å²) >= 11 is 6.55. The van der Waals surface area contributed by atoms with Crippen molar-refractivity contribution in [1.29, 1.82) is 0 Å². The Morgan fingerprint density at radius 2 is 1.69 bits per heavy atom. The number of hydrogen-bond donors (Lipinski definition) is 1. The molecule has 204 valence electrons. The first kappa shape index (κ1) is 26.9. The van der Waals surface area contributed by atoms with Gasteiger partial charge in [-0.15, -0.1) is 0 Å². The van der Waals surface area contributed by atoms with Gasteiger partial charge in [-0.1, -0.05) is 29.8 Å². The molecule has 1 aliphatic heterocycles. The smallest absolute Gasteiger partial charge is 0.267 e. The minimum absolute atomic E-state index is 0.00284. The quantitative estimate of drug-likeness (QED) is 0.348. The highest BCUT2D eigenvalue weighted by Crippen LogP contribution is 2.35. The van der Waals surface area contributed by atoms with Gasteiger partial charge in [0.25, 0.3) is 10.0 Å². The van der Waals surface area contributed by atoms with Crippen LogP contribution in [0.5, 0.6) is 11.6 Å². The maximum Gasteiger partial charge on any atom is 0.267 e. The highest BCUT2D eigenvalue weighted by atomic mass is 35.5.